The van der Waals surface area contributed by atoms with Gasteiger partial charge in [0.1, 0.15) is 5.58 Å². The van der Waals surface area contributed by atoms with Crippen molar-refractivity contribution in [2.24, 2.45) is 0 Å². The molecule has 0 aliphatic rings. The zero-order valence-electron chi connectivity index (χ0n) is 35.9. The predicted octanol–water partition coefficient (Wildman–Crippen LogP) is 8.66. The van der Waals surface area contributed by atoms with Crippen LogP contribution in [0.15, 0.2) is 125 Å². The SMILES string of the molecule is [2H]c1c([2H])c([2H])c(-c2c([2H])c([2H])c([2H])c(Nc3c([2H])c([2H])c([2H])c4c3oc3c(-c5c([2H])c([2H])c([2H])c([2H])c5[2H])c([2H])c([2H])c([2H])c34)c2[2H])c([2H])c1[2H]. The highest BCUT2D eigenvalue weighted by Crippen LogP contribution is 2.39. The third-order valence-corrected chi connectivity index (χ3v) is 4.49. The third-order valence-electron chi connectivity index (χ3n) is 4.49. The molecule has 6 aromatic rings. The van der Waals surface area contributed by atoms with Gasteiger partial charge in [0, 0.05) is 22.0 Å². The highest BCUT2D eigenvalue weighted by atomic mass is 16.3. The largest absolute Gasteiger partial charge is 0.453 e. The maximum absolute atomic E-state index is 8.95. The zero-order valence-corrected chi connectivity index (χ0v) is 15.9. The summed E-state index contributed by atoms with van der Waals surface area (Å²) in [6.45, 7) is 0. The van der Waals surface area contributed by atoms with E-state index in [1.807, 2.05) is 0 Å². The fourth-order valence-corrected chi connectivity index (χ4v) is 3.12. The number of rotatable bonds is 4. The number of furan rings is 1. The van der Waals surface area contributed by atoms with Crippen LogP contribution in [0.2, 0.25) is 0 Å². The van der Waals surface area contributed by atoms with Gasteiger partial charge in [0.2, 0.25) is 0 Å². The van der Waals surface area contributed by atoms with Crippen molar-refractivity contribution in [2.75, 3.05) is 5.32 Å². The smallest absolute Gasteiger partial charge is 0.158 e. The van der Waals surface area contributed by atoms with E-state index in [0.29, 0.717) is 0 Å². The number of anilines is 2. The van der Waals surface area contributed by atoms with Gasteiger partial charge in [0.15, 0.2) is 5.58 Å². The van der Waals surface area contributed by atoms with Crippen LogP contribution in [0.25, 0.3) is 44.2 Å². The molecular formula is C30H21NO. The molecule has 1 heterocycles. The van der Waals surface area contributed by atoms with Gasteiger partial charge in [-0.2, -0.15) is 0 Å². The summed E-state index contributed by atoms with van der Waals surface area (Å²) in [5.41, 5.74) is -4.57. The second-order valence-electron chi connectivity index (χ2n) is 6.39. The van der Waals surface area contributed by atoms with E-state index in [2.05, 4.69) is 5.32 Å². The predicted molar refractivity (Wildman–Crippen MR) is 134 cm³/mol. The molecule has 6 rings (SSSR count). The molecule has 0 saturated heterocycles. The number of benzene rings is 5. The van der Waals surface area contributed by atoms with E-state index >= 15 is 0 Å². The van der Waals surface area contributed by atoms with Crippen molar-refractivity contribution in [1.82, 2.24) is 0 Å². The first-order valence-electron chi connectivity index (χ1n) is 19.2. The van der Waals surface area contributed by atoms with Gasteiger partial charge in [-0.25, -0.2) is 0 Å². The van der Waals surface area contributed by atoms with E-state index in [1.165, 1.54) is 0 Å². The van der Waals surface area contributed by atoms with Crippen molar-refractivity contribution < 1.29 is 31.8 Å². The lowest BCUT2D eigenvalue weighted by atomic mass is 10.0. The number of nitrogens with one attached hydrogen (secondary N) is 1. The van der Waals surface area contributed by atoms with Gasteiger partial charge < -0.3 is 9.73 Å². The first-order chi connectivity index (χ1) is 24.2. The zero-order chi connectivity index (χ0) is 38.7. The molecule has 5 aromatic carbocycles. The Balaban J connectivity index is 1.75. The summed E-state index contributed by atoms with van der Waals surface area (Å²) in [5.74, 6) is 0. The standard InChI is InChI=1S/C30H21NO/c1-3-10-21(11-4-1)23-14-7-15-24(20-23)31-28-19-9-18-27-26-17-8-16-25(29(26)32-30(27)28)22-12-5-2-6-13-22/h1-20,31H/i1D,2D,3D,4D,5D,6D,7D,8D,9D,10D,11D,12D,13D,14D,15D,16D,17D,18D,19D,20D. The molecule has 0 aliphatic carbocycles. The molecule has 0 fully saturated rings. The Morgan fingerprint density at radius 2 is 1.16 bits per heavy atom. The molecule has 2 nitrogen and oxygen atoms in total. The average Bonchev–Trinajstić information content (AvgIpc) is 3.51. The fraction of sp³-hybridized carbons (Fsp3) is 0. The maximum Gasteiger partial charge on any atom is 0.158 e. The minimum atomic E-state index is -0.856. The third kappa shape index (κ3) is 3.23. The normalized spacial score (nSPS) is 19.9. The molecule has 1 aromatic heterocycles. The van der Waals surface area contributed by atoms with Crippen LogP contribution < -0.4 is 5.32 Å². The Hall–Kier alpha value is -4.30. The fourth-order valence-electron chi connectivity index (χ4n) is 3.12. The summed E-state index contributed by atoms with van der Waals surface area (Å²) in [7, 11) is 0. The van der Waals surface area contributed by atoms with E-state index in [9.17, 15) is 0 Å². The quantitative estimate of drug-likeness (QED) is 0.302. The molecule has 0 radical (unpaired) electrons. The van der Waals surface area contributed by atoms with E-state index in [1.54, 1.807) is 0 Å². The molecular weight excluding hydrogens is 390 g/mol. The van der Waals surface area contributed by atoms with Crippen molar-refractivity contribution in [3.05, 3.63) is 121 Å². The topological polar surface area (TPSA) is 25.2 Å². The van der Waals surface area contributed by atoms with Gasteiger partial charge in [-0.15, -0.1) is 0 Å². The van der Waals surface area contributed by atoms with Crippen LogP contribution in [0.4, 0.5) is 11.4 Å². The van der Waals surface area contributed by atoms with Crippen molar-refractivity contribution in [1.29, 1.82) is 0 Å². The molecule has 0 unspecified atom stereocenters. The van der Waals surface area contributed by atoms with Crippen molar-refractivity contribution >= 4 is 33.3 Å². The Labute approximate surface area is 214 Å². The lowest BCUT2D eigenvalue weighted by Gasteiger charge is -2.09. The summed E-state index contributed by atoms with van der Waals surface area (Å²) in [6.07, 6.45) is 0. The Morgan fingerprint density at radius 1 is 0.531 bits per heavy atom. The lowest BCUT2D eigenvalue weighted by Crippen LogP contribution is -1.91. The monoisotopic (exact) mass is 431 g/mol. The minimum absolute atomic E-state index is 0.390. The van der Waals surface area contributed by atoms with Crippen LogP contribution in [0.3, 0.4) is 0 Å². The number of hydrogen-bond acceptors (Lipinski definition) is 2. The first-order valence-corrected chi connectivity index (χ1v) is 9.16. The van der Waals surface area contributed by atoms with Crippen molar-refractivity contribution in [2.45, 2.75) is 0 Å². The number of fused-ring (bicyclic) bond motifs is 3. The molecule has 152 valence electrons. The second kappa shape index (κ2) is 7.75. The first kappa shape index (κ1) is 7.11. The van der Waals surface area contributed by atoms with Crippen LogP contribution in [0.5, 0.6) is 0 Å². The van der Waals surface area contributed by atoms with Gasteiger partial charge in [-0.3, -0.25) is 0 Å². The molecule has 0 amide bonds. The average molecular weight is 432 g/mol. The minimum Gasteiger partial charge on any atom is -0.453 e. The van der Waals surface area contributed by atoms with E-state index in [-0.39, 0.29) is 5.39 Å². The summed E-state index contributed by atoms with van der Waals surface area (Å²) in [5, 5.41) is 1.78. The van der Waals surface area contributed by atoms with Gasteiger partial charge in [-0.05, 0) is 34.8 Å². The van der Waals surface area contributed by atoms with Crippen LogP contribution in [-0.4, -0.2) is 0 Å². The molecule has 1 N–H and O–H groups in total. The summed E-state index contributed by atoms with van der Waals surface area (Å²) >= 11 is 0. The molecule has 0 spiro atoms. The van der Waals surface area contributed by atoms with E-state index in [4.69, 9.17) is 31.8 Å². The lowest BCUT2D eigenvalue weighted by molar-refractivity contribution is 0.671. The summed E-state index contributed by atoms with van der Waals surface area (Å²) in [6, 6.07) is -15.7. The number of hydrogen-bond donors (Lipinski definition) is 1. The van der Waals surface area contributed by atoms with Gasteiger partial charge in [0.25, 0.3) is 0 Å². The molecule has 0 saturated carbocycles. The Bertz CT molecular complexity index is 2550. The highest BCUT2D eigenvalue weighted by molar-refractivity contribution is 6.12. The molecule has 0 atom stereocenters. The van der Waals surface area contributed by atoms with E-state index in [0.717, 1.165) is 0 Å². The highest BCUT2D eigenvalue weighted by Gasteiger charge is 2.14. The van der Waals surface area contributed by atoms with Crippen LogP contribution >= 0.6 is 0 Å². The maximum atomic E-state index is 8.95. The van der Waals surface area contributed by atoms with Crippen molar-refractivity contribution in [3.63, 3.8) is 0 Å². The molecule has 2 heteroatoms. The second-order valence-corrected chi connectivity index (χ2v) is 6.39. The summed E-state index contributed by atoms with van der Waals surface area (Å²) < 4.78 is 174. The molecule has 32 heavy (non-hydrogen) atoms. The van der Waals surface area contributed by atoms with Gasteiger partial charge in [0.05, 0.1) is 33.1 Å². The van der Waals surface area contributed by atoms with Gasteiger partial charge in [-0.1, -0.05) is 103 Å². The van der Waals surface area contributed by atoms with Gasteiger partial charge >= 0.3 is 0 Å². The Morgan fingerprint density at radius 3 is 1.94 bits per heavy atom. The van der Waals surface area contributed by atoms with Crippen LogP contribution in [0.1, 0.15) is 27.4 Å². The summed E-state index contributed by atoms with van der Waals surface area (Å²) in [4.78, 5) is 0. The van der Waals surface area contributed by atoms with Crippen LogP contribution in [-0.2, 0) is 0 Å². The van der Waals surface area contributed by atoms with Crippen LogP contribution in [0, 0.1) is 0 Å². The number of para-hydroxylation sites is 2. The van der Waals surface area contributed by atoms with Crippen molar-refractivity contribution in [3.8, 4) is 22.3 Å². The molecule has 0 bridgehead atoms. The van der Waals surface area contributed by atoms with E-state index < -0.39 is 171 Å². The Kier molecular flexibility index (Phi) is 1.72. The molecule has 0 aliphatic heterocycles.